The summed E-state index contributed by atoms with van der Waals surface area (Å²) in [5.41, 5.74) is 1.21. The molecule has 2 aliphatic rings. The van der Waals surface area contributed by atoms with Crippen LogP contribution >= 0.6 is 0 Å². The highest BCUT2D eigenvalue weighted by atomic mass is 16.5. The highest BCUT2D eigenvalue weighted by Crippen LogP contribution is 2.25. The second-order valence-corrected chi connectivity index (χ2v) is 7.69. The predicted octanol–water partition coefficient (Wildman–Crippen LogP) is 1.92. The number of hydrogen-bond donors (Lipinski definition) is 1. The molecule has 0 aliphatic carbocycles. The second kappa shape index (κ2) is 8.60. The summed E-state index contributed by atoms with van der Waals surface area (Å²) < 4.78 is 11.9. The molecule has 1 aromatic carbocycles. The third-order valence-corrected chi connectivity index (χ3v) is 4.94. The topological polar surface area (TPSA) is 45.2 Å². The van der Waals surface area contributed by atoms with Gasteiger partial charge in [0.1, 0.15) is 0 Å². The number of aliphatic hydroxyl groups excluding tert-OH is 1. The maximum atomic E-state index is 10.6. The van der Waals surface area contributed by atoms with Crippen LogP contribution in [0.25, 0.3) is 0 Å². The van der Waals surface area contributed by atoms with E-state index in [-0.39, 0.29) is 30.5 Å². The first-order chi connectivity index (χ1) is 12.0. The number of aliphatic hydroxyl groups is 1. The van der Waals surface area contributed by atoms with E-state index in [9.17, 15) is 5.11 Å². The van der Waals surface area contributed by atoms with Crippen LogP contribution < -0.4 is 0 Å². The molecule has 1 aromatic rings. The van der Waals surface area contributed by atoms with Crippen LogP contribution in [0.4, 0.5) is 0 Å². The molecule has 2 aliphatic heterocycles. The van der Waals surface area contributed by atoms with Crippen molar-refractivity contribution in [3.8, 4) is 0 Å². The third-order valence-electron chi connectivity index (χ3n) is 4.94. The van der Waals surface area contributed by atoms with Crippen LogP contribution in [0.2, 0.25) is 0 Å². The fourth-order valence-electron chi connectivity index (χ4n) is 4.13. The summed E-state index contributed by atoms with van der Waals surface area (Å²) in [5, 5.41) is 10.6. The zero-order valence-corrected chi connectivity index (χ0v) is 15.7. The first kappa shape index (κ1) is 18.8. The minimum absolute atomic E-state index is 0.0839. The van der Waals surface area contributed by atoms with E-state index in [4.69, 9.17) is 9.47 Å². The van der Waals surface area contributed by atoms with Gasteiger partial charge in [-0.05, 0) is 26.3 Å². The number of hydrogen-bond acceptors (Lipinski definition) is 5. The number of rotatable bonds is 5. The van der Waals surface area contributed by atoms with Crippen molar-refractivity contribution in [2.45, 2.75) is 51.3 Å². The molecule has 5 nitrogen and oxygen atoms in total. The van der Waals surface area contributed by atoms with Crippen LogP contribution in [0, 0.1) is 0 Å². The zero-order valence-electron chi connectivity index (χ0n) is 15.7. The average Bonchev–Trinajstić information content (AvgIpc) is 2.54. The van der Waals surface area contributed by atoms with Gasteiger partial charge in [-0.15, -0.1) is 0 Å². The van der Waals surface area contributed by atoms with Crippen molar-refractivity contribution in [1.82, 2.24) is 9.80 Å². The molecular weight excluding hydrogens is 316 g/mol. The molecule has 0 radical (unpaired) electrons. The Balaban J connectivity index is 1.52. The summed E-state index contributed by atoms with van der Waals surface area (Å²) in [7, 11) is 0. The molecule has 2 heterocycles. The molecule has 5 heteroatoms. The summed E-state index contributed by atoms with van der Waals surface area (Å²) in [4.78, 5) is 4.66. The normalized spacial score (nSPS) is 33.3. The second-order valence-electron chi connectivity index (χ2n) is 7.69. The van der Waals surface area contributed by atoms with Gasteiger partial charge in [-0.25, -0.2) is 0 Å². The molecule has 2 fully saturated rings. The van der Waals surface area contributed by atoms with Gasteiger partial charge in [0, 0.05) is 39.3 Å². The Morgan fingerprint density at radius 2 is 1.40 bits per heavy atom. The lowest BCUT2D eigenvalue weighted by Gasteiger charge is -2.40. The first-order valence-corrected chi connectivity index (χ1v) is 9.48. The van der Waals surface area contributed by atoms with Gasteiger partial charge in [0.05, 0.1) is 30.5 Å². The van der Waals surface area contributed by atoms with Gasteiger partial charge < -0.3 is 14.6 Å². The van der Waals surface area contributed by atoms with Crippen molar-refractivity contribution >= 4 is 0 Å². The molecule has 5 atom stereocenters. The molecule has 0 saturated carbocycles. The summed E-state index contributed by atoms with van der Waals surface area (Å²) in [5.74, 6) is 0. The van der Waals surface area contributed by atoms with E-state index in [0.717, 1.165) is 26.2 Å². The molecule has 2 saturated heterocycles. The van der Waals surface area contributed by atoms with Gasteiger partial charge in [0.15, 0.2) is 0 Å². The van der Waals surface area contributed by atoms with Gasteiger partial charge in [-0.2, -0.15) is 0 Å². The molecule has 25 heavy (non-hydrogen) atoms. The summed E-state index contributed by atoms with van der Waals surface area (Å²) >= 11 is 0. The lowest BCUT2D eigenvalue weighted by atomic mass is 10.1. The summed E-state index contributed by atoms with van der Waals surface area (Å²) in [6, 6.07) is 10.4. The van der Waals surface area contributed by atoms with E-state index in [1.165, 1.54) is 5.56 Å². The highest BCUT2D eigenvalue weighted by Gasteiger charge is 2.29. The predicted molar refractivity (Wildman–Crippen MR) is 98.6 cm³/mol. The molecule has 0 bridgehead atoms. The Kier molecular flexibility index (Phi) is 6.47. The number of ether oxygens (including phenoxy) is 2. The molecular formula is C20H32N2O3. The van der Waals surface area contributed by atoms with E-state index in [1.54, 1.807) is 0 Å². The van der Waals surface area contributed by atoms with Crippen molar-refractivity contribution in [1.29, 1.82) is 0 Å². The van der Waals surface area contributed by atoms with Gasteiger partial charge in [-0.3, -0.25) is 9.80 Å². The summed E-state index contributed by atoms with van der Waals surface area (Å²) in [6.07, 6.45) is 0.387. The number of benzene rings is 1. The maximum Gasteiger partial charge on any atom is 0.0956 e. The number of morpholine rings is 2. The molecule has 5 unspecified atom stereocenters. The van der Waals surface area contributed by atoms with Gasteiger partial charge in [0.25, 0.3) is 0 Å². The van der Waals surface area contributed by atoms with Crippen molar-refractivity contribution in [3.63, 3.8) is 0 Å². The molecule has 3 rings (SSSR count). The summed E-state index contributed by atoms with van der Waals surface area (Å²) in [6.45, 7) is 11.2. The maximum absolute atomic E-state index is 10.6. The van der Waals surface area contributed by atoms with Crippen molar-refractivity contribution in [2.24, 2.45) is 0 Å². The number of β-amino-alcohol motifs (C(OH)–C–C–N with tert-alkyl or cyclic N) is 1. The highest BCUT2D eigenvalue weighted by molar-refractivity contribution is 5.18. The standard InChI is InChI=1S/C20H32N2O3/c1-15-9-21(10-16(2)24-15)12-19(23)13-22-11-17(3)25-20(14-22)18-7-5-4-6-8-18/h4-8,15-17,19-20,23H,9-14H2,1-3H3. The minimum Gasteiger partial charge on any atom is -0.390 e. The van der Waals surface area contributed by atoms with Crippen molar-refractivity contribution in [3.05, 3.63) is 35.9 Å². The fraction of sp³-hybridized carbons (Fsp3) is 0.700. The van der Waals surface area contributed by atoms with Crippen molar-refractivity contribution < 1.29 is 14.6 Å². The average molecular weight is 348 g/mol. The van der Waals surface area contributed by atoms with Crippen LogP contribution in [0.15, 0.2) is 30.3 Å². The first-order valence-electron chi connectivity index (χ1n) is 9.48. The Labute approximate surface area is 151 Å². The molecule has 1 N–H and O–H groups in total. The van der Waals surface area contributed by atoms with Crippen LogP contribution in [-0.2, 0) is 9.47 Å². The lowest BCUT2D eigenvalue weighted by molar-refractivity contribution is -0.0964. The Morgan fingerprint density at radius 3 is 2.00 bits per heavy atom. The van der Waals surface area contributed by atoms with E-state index in [1.807, 2.05) is 6.07 Å². The third kappa shape index (κ3) is 5.50. The van der Waals surface area contributed by atoms with Crippen LogP contribution in [0.1, 0.15) is 32.4 Å². The molecule has 140 valence electrons. The van der Waals surface area contributed by atoms with E-state index in [0.29, 0.717) is 13.1 Å². The zero-order chi connectivity index (χ0) is 17.8. The quantitative estimate of drug-likeness (QED) is 0.881. The number of nitrogens with zero attached hydrogens (tertiary/aromatic N) is 2. The monoisotopic (exact) mass is 348 g/mol. The fourth-order valence-corrected chi connectivity index (χ4v) is 4.13. The Bertz CT molecular complexity index is 517. The smallest absolute Gasteiger partial charge is 0.0956 e. The van der Waals surface area contributed by atoms with Crippen LogP contribution in [0.5, 0.6) is 0 Å². The lowest BCUT2D eigenvalue weighted by Crippen LogP contribution is -2.51. The van der Waals surface area contributed by atoms with Crippen LogP contribution in [0.3, 0.4) is 0 Å². The molecule has 0 amide bonds. The molecule has 0 aromatic heterocycles. The van der Waals surface area contributed by atoms with Gasteiger partial charge >= 0.3 is 0 Å². The van der Waals surface area contributed by atoms with E-state index in [2.05, 4.69) is 54.8 Å². The molecule has 0 spiro atoms. The Hall–Kier alpha value is -0.980. The van der Waals surface area contributed by atoms with Crippen LogP contribution in [-0.4, -0.2) is 78.6 Å². The van der Waals surface area contributed by atoms with Gasteiger partial charge in [-0.1, -0.05) is 30.3 Å². The van der Waals surface area contributed by atoms with Crippen molar-refractivity contribution in [2.75, 3.05) is 39.3 Å². The SMILES string of the molecule is CC1CN(CC(O)CN2CC(C)OC(c3ccccc3)C2)CC(C)O1. The van der Waals surface area contributed by atoms with E-state index < -0.39 is 0 Å². The largest absolute Gasteiger partial charge is 0.390 e. The Morgan fingerprint density at radius 1 is 0.880 bits per heavy atom. The van der Waals surface area contributed by atoms with Gasteiger partial charge in [0.2, 0.25) is 0 Å². The van der Waals surface area contributed by atoms with E-state index >= 15 is 0 Å². The minimum atomic E-state index is -0.348.